The lowest BCUT2D eigenvalue weighted by atomic mass is 9.70. The lowest BCUT2D eigenvalue weighted by molar-refractivity contribution is -0.00000689. The summed E-state index contributed by atoms with van der Waals surface area (Å²) >= 11 is 0. The summed E-state index contributed by atoms with van der Waals surface area (Å²) in [7, 11) is 0. The Morgan fingerprint density at radius 2 is 1.72 bits per heavy atom. The predicted molar refractivity (Wildman–Crippen MR) is 92.0 cm³/mol. The molecule has 1 aromatic heterocycles. The largest absolute Gasteiger partial charge is 1.00 e. The van der Waals surface area contributed by atoms with Crippen LogP contribution in [0.5, 0.6) is 0 Å². The number of benzene rings is 2. The highest BCUT2D eigenvalue weighted by Crippen LogP contribution is 2.45. The number of halogens is 1. The fourth-order valence-electron chi connectivity index (χ4n) is 4.40. The van der Waals surface area contributed by atoms with Gasteiger partial charge in [-0.15, -0.1) is 0 Å². The number of para-hydroxylation sites is 1. The molecule has 0 bridgehead atoms. The van der Waals surface area contributed by atoms with Crippen molar-refractivity contribution in [1.29, 1.82) is 5.41 Å². The number of nitrogens with zero attached hydrogens (tertiary/aromatic N) is 2. The number of aromatic nitrogens is 2. The van der Waals surface area contributed by atoms with Crippen molar-refractivity contribution in [2.75, 3.05) is 13.2 Å². The van der Waals surface area contributed by atoms with E-state index in [0.717, 1.165) is 49.3 Å². The summed E-state index contributed by atoms with van der Waals surface area (Å²) in [6.07, 6.45) is 1.85. The fraction of sp³-hybridized carbons (Fsp3) is 0.300. The first kappa shape index (κ1) is 16.5. The average Bonchev–Trinajstić information content (AvgIpc) is 2.64. The normalized spacial score (nSPS) is 17.6. The molecule has 4 nitrogen and oxygen atoms in total. The molecule has 0 radical (unpaired) electrons. The molecule has 1 N–H and O–H groups in total. The maximum atomic E-state index is 8.43. The van der Waals surface area contributed by atoms with Crippen LogP contribution in [0.25, 0.3) is 10.9 Å². The van der Waals surface area contributed by atoms with Gasteiger partial charge in [0.1, 0.15) is 5.82 Å². The van der Waals surface area contributed by atoms with Gasteiger partial charge in [-0.3, -0.25) is 5.41 Å². The van der Waals surface area contributed by atoms with Crippen LogP contribution in [-0.4, -0.2) is 22.8 Å². The number of nitrogens with one attached hydrogen (secondary N) is 1. The van der Waals surface area contributed by atoms with E-state index in [9.17, 15) is 0 Å². The van der Waals surface area contributed by atoms with E-state index in [1.54, 1.807) is 0 Å². The van der Waals surface area contributed by atoms with Gasteiger partial charge in [-0.1, -0.05) is 36.4 Å². The Kier molecular flexibility index (Phi) is 4.01. The Hall–Kier alpha value is -1.98. The van der Waals surface area contributed by atoms with Gasteiger partial charge in [0.2, 0.25) is 0 Å². The monoisotopic (exact) mass is 396 g/mol. The lowest BCUT2D eigenvalue weighted by Gasteiger charge is -2.43. The van der Waals surface area contributed by atoms with Crippen molar-refractivity contribution in [1.82, 2.24) is 9.55 Å². The van der Waals surface area contributed by atoms with Gasteiger partial charge in [-0.05, 0) is 36.1 Å². The summed E-state index contributed by atoms with van der Waals surface area (Å²) in [5.74, 6) is 1.04. The molecule has 1 fully saturated rings. The second-order valence-corrected chi connectivity index (χ2v) is 6.74. The molecular formula is C20H19BrN3O-. The molecule has 3 aromatic rings. The Balaban J connectivity index is 0.00000157. The summed E-state index contributed by atoms with van der Waals surface area (Å²) < 4.78 is 7.98. The van der Waals surface area contributed by atoms with Crippen LogP contribution in [0.15, 0.2) is 48.5 Å². The van der Waals surface area contributed by atoms with E-state index in [2.05, 4.69) is 34.9 Å². The van der Waals surface area contributed by atoms with E-state index in [-0.39, 0.29) is 22.4 Å². The summed E-state index contributed by atoms with van der Waals surface area (Å²) in [4.78, 5) is 4.79. The van der Waals surface area contributed by atoms with Crippen LogP contribution >= 0.6 is 0 Å². The van der Waals surface area contributed by atoms with Crippen LogP contribution in [0.3, 0.4) is 0 Å². The predicted octanol–water partition coefficient (Wildman–Crippen LogP) is -0.0220. The molecule has 2 aromatic carbocycles. The molecule has 0 aliphatic carbocycles. The molecular weight excluding hydrogens is 378 g/mol. The molecule has 5 heteroatoms. The molecule has 0 atom stereocenters. The van der Waals surface area contributed by atoms with Gasteiger partial charge in [0, 0.05) is 25.1 Å². The molecule has 2 aliphatic rings. The maximum absolute atomic E-state index is 8.43. The molecule has 1 saturated heterocycles. The van der Waals surface area contributed by atoms with Crippen molar-refractivity contribution in [3.63, 3.8) is 0 Å². The van der Waals surface area contributed by atoms with E-state index < -0.39 is 0 Å². The van der Waals surface area contributed by atoms with Crippen molar-refractivity contribution in [3.8, 4) is 0 Å². The molecule has 128 valence electrons. The van der Waals surface area contributed by atoms with Crippen LogP contribution in [0, 0.1) is 5.41 Å². The topological polar surface area (TPSA) is 50.9 Å². The Morgan fingerprint density at radius 3 is 2.56 bits per heavy atom. The van der Waals surface area contributed by atoms with Crippen LogP contribution in [-0.2, 0) is 16.7 Å². The third kappa shape index (κ3) is 2.29. The van der Waals surface area contributed by atoms with Gasteiger partial charge in [-0.25, -0.2) is 4.98 Å². The number of rotatable bonds is 0. The molecule has 2 aliphatic heterocycles. The van der Waals surface area contributed by atoms with Crippen LogP contribution < -0.4 is 22.5 Å². The smallest absolute Gasteiger partial charge is 0.156 e. The third-order valence-electron chi connectivity index (χ3n) is 5.56. The van der Waals surface area contributed by atoms with Crippen LogP contribution in [0.1, 0.15) is 29.8 Å². The molecule has 0 unspecified atom stereocenters. The summed E-state index contributed by atoms with van der Waals surface area (Å²) in [5.41, 5.74) is 4.08. The summed E-state index contributed by atoms with van der Waals surface area (Å²) in [6, 6.07) is 16.8. The zero-order valence-electron chi connectivity index (χ0n) is 13.8. The fourth-order valence-corrected chi connectivity index (χ4v) is 4.40. The van der Waals surface area contributed by atoms with E-state index in [4.69, 9.17) is 15.1 Å². The van der Waals surface area contributed by atoms with E-state index in [0.29, 0.717) is 5.49 Å². The standard InChI is InChI=1S/C20H19N3O.BrH/c21-18-15-6-2-4-8-17(15)23-13-14-5-1-3-7-16(14)20(19(23)22-18)9-11-24-12-10-20;/h1-8,21H,9-13H2;1H/p-1. The van der Waals surface area contributed by atoms with E-state index >= 15 is 0 Å². The lowest BCUT2D eigenvalue weighted by Crippen LogP contribution is -3.00. The molecule has 3 heterocycles. The Bertz CT molecular complexity index is 1010. The minimum absolute atomic E-state index is 0. The van der Waals surface area contributed by atoms with E-state index in [1.165, 1.54) is 11.1 Å². The first-order valence-corrected chi connectivity index (χ1v) is 8.50. The Morgan fingerprint density at radius 1 is 1.00 bits per heavy atom. The number of hydrogen-bond acceptors (Lipinski definition) is 3. The van der Waals surface area contributed by atoms with Gasteiger partial charge in [0.25, 0.3) is 0 Å². The second kappa shape index (κ2) is 6.07. The minimum atomic E-state index is -0.132. The first-order chi connectivity index (χ1) is 11.8. The highest BCUT2D eigenvalue weighted by Gasteiger charge is 2.43. The molecule has 0 amide bonds. The van der Waals surface area contributed by atoms with Gasteiger partial charge in [0.15, 0.2) is 5.49 Å². The second-order valence-electron chi connectivity index (χ2n) is 6.74. The number of ether oxygens (including phenoxy) is 1. The first-order valence-electron chi connectivity index (χ1n) is 8.50. The average molecular weight is 397 g/mol. The summed E-state index contributed by atoms with van der Waals surface area (Å²) in [5, 5.41) is 9.35. The van der Waals surface area contributed by atoms with Crippen LogP contribution in [0.4, 0.5) is 0 Å². The molecule has 1 spiro atoms. The maximum Gasteiger partial charge on any atom is 0.156 e. The molecule has 0 saturated carbocycles. The zero-order valence-corrected chi connectivity index (χ0v) is 15.4. The van der Waals surface area contributed by atoms with Crippen molar-refractivity contribution in [2.24, 2.45) is 0 Å². The van der Waals surface area contributed by atoms with Crippen molar-refractivity contribution in [3.05, 3.63) is 71.0 Å². The quantitative estimate of drug-likeness (QED) is 0.580. The molecule has 5 rings (SSSR count). The third-order valence-corrected chi connectivity index (χ3v) is 5.56. The highest BCUT2D eigenvalue weighted by molar-refractivity contribution is 5.78. The highest BCUT2D eigenvalue weighted by atomic mass is 79.9. The number of hydrogen-bond donors (Lipinski definition) is 1. The van der Waals surface area contributed by atoms with Crippen molar-refractivity contribution >= 4 is 10.9 Å². The van der Waals surface area contributed by atoms with Crippen LogP contribution in [0.2, 0.25) is 0 Å². The van der Waals surface area contributed by atoms with Gasteiger partial charge in [-0.2, -0.15) is 0 Å². The minimum Gasteiger partial charge on any atom is -1.00 e. The van der Waals surface area contributed by atoms with Gasteiger partial charge < -0.3 is 26.3 Å². The SMILES string of the molecule is N=c1nc2n(c3ccccc13)Cc1ccccc1C21CCOCC1.[Br-]. The van der Waals surface area contributed by atoms with Gasteiger partial charge >= 0.3 is 0 Å². The Labute approximate surface area is 156 Å². The summed E-state index contributed by atoms with van der Waals surface area (Å²) in [6.45, 7) is 2.31. The van der Waals surface area contributed by atoms with Crippen molar-refractivity contribution in [2.45, 2.75) is 24.8 Å². The zero-order chi connectivity index (χ0) is 16.1. The van der Waals surface area contributed by atoms with Gasteiger partial charge in [0.05, 0.1) is 10.9 Å². The van der Waals surface area contributed by atoms with E-state index in [1.807, 2.05) is 18.2 Å². The number of fused-ring (bicyclic) bond motifs is 6. The van der Waals surface area contributed by atoms with Crippen molar-refractivity contribution < 1.29 is 21.7 Å². The molecule has 25 heavy (non-hydrogen) atoms.